The van der Waals surface area contributed by atoms with Crippen molar-refractivity contribution in [3.63, 3.8) is 0 Å². The maximum absolute atomic E-state index is 12.9. The molecule has 0 unspecified atom stereocenters. The number of carbonyl (C=O) groups is 2. The van der Waals surface area contributed by atoms with Crippen LogP contribution in [0.3, 0.4) is 0 Å². The highest BCUT2D eigenvalue weighted by Crippen LogP contribution is 2.33. The lowest BCUT2D eigenvalue weighted by molar-refractivity contribution is -0.137. The van der Waals surface area contributed by atoms with Crippen molar-refractivity contribution in [1.29, 1.82) is 0 Å². The van der Waals surface area contributed by atoms with Crippen LogP contribution < -0.4 is 10.2 Å². The Morgan fingerprint density at radius 2 is 2.15 bits per heavy atom. The van der Waals surface area contributed by atoms with E-state index >= 15 is 0 Å². The van der Waals surface area contributed by atoms with Crippen LogP contribution in [0.15, 0.2) is 24.3 Å². The molecule has 1 N–H and O–H groups in total. The van der Waals surface area contributed by atoms with Crippen LogP contribution in [0.1, 0.15) is 23.9 Å². The van der Waals surface area contributed by atoms with E-state index < -0.39 is 29.5 Å². The maximum atomic E-state index is 12.9. The molecule has 1 saturated heterocycles. The number of amides is 2. The van der Waals surface area contributed by atoms with Gasteiger partial charge in [-0.15, -0.1) is 10.2 Å². The molecule has 0 saturated carbocycles. The SMILES string of the molecule is CCc1nnc(NC(=O)[C@H]2CC(=O)N(c3cccc(C(F)(F)F)c3)C2)s1. The second-order valence-corrected chi connectivity index (χ2v) is 6.86. The van der Waals surface area contributed by atoms with Gasteiger partial charge < -0.3 is 10.2 Å². The van der Waals surface area contributed by atoms with Crippen molar-refractivity contribution in [3.05, 3.63) is 34.8 Å². The summed E-state index contributed by atoms with van der Waals surface area (Å²) in [4.78, 5) is 25.7. The van der Waals surface area contributed by atoms with Crippen LogP contribution >= 0.6 is 11.3 Å². The first-order chi connectivity index (χ1) is 12.3. The van der Waals surface area contributed by atoms with Crippen molar-refractivity contribution >= 4 is 34.0 Å². The molecule has 1 aliphatic rings. The highest BCUT2D eigenvalue weighted by atomic mass is 32.1. The topological polar surface area (TPSA) is 75.2 Å². The first kappa shape index (κ1) is 18.3. The summed E-state index contributed by atoms with van der Waals surface area (Å²) in [5.41, 5.74) is -0.707. The molecule has 1 fully saturated rings. The minimum atomic E-state index is -4.50. The standard InChI is InChI=1S/C16H15F3N4O2S/c1-2-12-21-22-15(26-12)20-14(25)9-6-13(24)23(8-9)11-5-3-4-10(7-11)16(17,18)19/h3-5,7,9H,2,6,8H2,1H3,(H,20,22,25)/t9-/m0/s1. The highest BCUT2D eigenvalue weighted by molar-refractivity contribution is 7.15. The van der Waals surface area contributed by atoms with Crippen molar-refractivity contribution in [2.24, 2.45) is 5.92 Å². The van der Waals surface area contributed by atoms with E-state index in [0.29, 0.717) is 11.6 Å². The number of anilines is 2. The Hall–Kier alpha value is -2.49. The van der Waals surface area contributed by atoms with Crippen molar-refractivity contribution in [1.82, 2.24) is 10.2 Å². The van der Waals surface area contributed by atoms with Gasteiger partial charge in [-0.3, -0.25) is 9.59 Å². The van der Waals surface area contributed by atoms with E-state index in [1.807, 2.05) is 6.92 Å². The average Bonchev–Trinajstić information content (AvgIpc) is 3.20. The third-order valence-electron chi connectivity index (χ3n) is 3.98. The van der Waals surface area contributed by atoms with Crippen LogP contribution in [0, 0.1) is 5.92 Å². The van der Waals surface area contributed by atoms with Crippen molar-refractivity contribution in [2.75, 3.05) is 16.8 Å². The largest absolute Gasteiger partial charge is 0.416 e. The Morgan fingerprint density at radius 3 is 2.81 bits per heavy atom. The first-order valence-electron chi connectivity index (χ1n) is 7.88. The molecular weight excluding hydrogens is 369 g/mol. The molecule has 3 rings (SSSR count). The molecular formula is C16H15F3N4O2S. The number of aromatic nitrogens is 2. The summed E-state index contributed by atoms with van der Waals surface area (Å²) >= 11 is 1.24. The van der Waals surface area contributed by atoms with Gasteiger partial charge in [-0.1, -0.05) is 24.3 Å². The molecule has 2 heterocycles. The molecule has 1 aromatic heterocycles. The monoisotopic (exact) mass is 384 g/mol. The Balaban J connectivity index is 1.71. The summed E-state index contributed by atoms with van der Waals surface area (Å²) in [7, 11) is 0. The van der Waals surface area contributed by atoms with Crippen molar-refractivity contribution in [2.45, 2.75) is 25.9 Å². The van der Waals surface area contributed by atoms with Crippen LogP contribution in [0.25, 0.3) is 0 Å². The zero-order chi connectivity index (χ0) is 18.9. The van der Waals surface area contributed by atoms with Gasteiger partial charge in [0.25, 0.3) is 0 Å². The average molecular weight is 384 g/mol. The Morgan fingerprint density at radius 1 is 1.38 bits per heavy atom. The van der Waals surface area contributed by atoms with Crippen molar-refractivity contribution in [3.8, 4) is 0 Å². The molecule has 2 amide bonds. The fourth-order valence-electron chi connectivity index (χ4n) is 2.64. The quantitative estimate of drug-likeness (QED) is 0.879. The predicted molar refractivity (Wildman–Crippen MR) is 89.8 cm³/mol. The van der Waals surface area contributed by atoms with Gasteiger partial charge in [-0.05, 0) is 24.6 Å². The van der Waals surface area contributed by atoms with E-state index in [1.165, 1.54) is 28.4 Å². The van der Waals surface area contributed by atoms with E-state index in [-0.39, 0.29) is 18.7 Å². The summed E-state index contributed by atoms with van der Waals surface area (Å²) < 4.78 is 38.6. The smallest absolute Gasteiger partial charge is 0.312 e. The van der Waals surface area contributed by atoms with Crippen LogP contribution in [-0.4, -0.2) is 28.6 Å². The lowest BCUT2D eigenvalue weighted by Crippen LogP contribution is -2.28. The zero-order valence-corrected chi connectivity index (χ0v) is 14.5. The minimum Gasteiger partial charge on any atom is -0.312 e. The maximum Gasteiger partial charge on any atom is 0.416 e. The van der Waals surface area contributed by atoms with Crippen LogP contribution in [0.5, 0.6) is 0 Å². The minimum absolute atomic E-state index is 0.0193. The van der Waals surface area contributed by atoms with E-state index in [0.717, 1.165) is 17.1 Å². The van der Waals surface area contributed by atoms with Gasteiger partial charge >= 0.3 is 6.18 Å². The fraction of sp³-hybridized carbons (Fsp3) is 0.375. The number of halogens is 3. The van der Waals surface area contributed by atoms with Gasteiger partial charge in [0.05, 0.1) is 11.5 Å². The molecule has 2 aromatic rings. The van der Waals surface area contributed by atoms with Gasteiger partial charge in [0.2, 0.25) is 16.9 Å². The second-order valence-electron chi connectivity index (χ2n) is 5.80. The molecule has 6 nitrogen and oxygen atoms in total. The predicted octanol–water partition coefficient (Wildman–Crippen LogP) is 3.11. The molecule has 10 heteroatoms. The third-order valence-corrected chi connectivity index (χ3v) is 4.96. The zero-order valence-electron chi connectivity index (χ0n) is 13.7. The third kappa shape index (κ3) is 3.85. The lowest BCUT2D eigenvalue weighted by Gasteiger charge is -2.18. The number of nitrogens with zero attached hydrogens (tertiary/aromatic N) is 3. The van der Waals surface area contributed by atoms with Crippen molar-refractivity contribution < 1.29 is 22.8 Å². The van der Waals surface area contributed by atoms with E-state index in [1.54, 1.807) is 0 Å². The molecule has 1 aliphatic heterocycles. The highest BCUT2D eigenvalue weighted by Gasteiger charge is 2.37. The van der Waals surface area contributed by atoms with Gasteiger partial charge in [0.1, 0.15) is 5.01 Å². The van der Waals surface area contributed by atoms with Gasteiger partial charge in [0, 0.05) is 18.7 Å². The molecule has 0 bridgehead atoms. The van der Waals surface area contributed by atoms with Gasteiger partial charge in [-0.2, -0.15) is 13.2 Å². The molecule has 1 aromatic carbocycles. The summed E-state index contributed by atoms with van der Waals surface area (Å²) in [5, 5.41) is 11.5. The summed E-state index contributed by atoms with van der Waals surface area (Å²) in [6.45, 7) is 1.93. The number of rotatable bonds is 4. The number of hydrogen-bond donors (Lipinski definition) is 1. The second kappa shape index (κ2) is 7.02. The number of alkyl halides is 3. The molecule has 26 heavy (non-hydrogen) atoms. The molecule has 138 valence electrons. The Bertz CT molecular complexity index is 837. The van der Waals surface area contributed by atoms with Gasteiger partial charge in [0.15, 0.2) is 0 Å². The molecule has 1 atom stereocenters. The summed E-state index contributed by atoms with van der Waals surface area (Å²) in [6, 6.07) is 4.52. The Kier molecular flexibility index (Phi) is 4.94. The van der Waals surface area contributed by atoms with E-state index in [4.69, 9.17) is 0 Å². The summed E-state index contributed by atoms with van der Waals surface area (Å²) in [6.07, 6.45) is -3.87. The first-order valence-corrected chi connectivity index (χ1v) is 8.70. The molecule has 0 spiro atoms. The number of benzene rings is 1. The Labute approximate surface area is 151 Å². The molecule has 0 radical (unpaired) electrons. The lowest BCUT2D eigenvalue weighted by atomic mass is 10.1. The van der Waals surface area contributed by atoms with Gasteiger partial charge in [-0.25, -0.2) is 0 Å². The fourth-order valence-corrected chi connectivity index (χ4v) is 3.32. The molecule has 0 aliphatic carbocycles. The van der Waals surface area contributed by atoms with E-state index in [9.17, 15) is 22.8 Å². The number of aryl methyl sites for hydroxylation is 1. The number of nitrogens with one attached hydrogen (secondary N) is 1. The van der Waals surface area contributed by atoms with Crippen LogP contribution in [0.2, 0.25) is 0 Å². The van der Waals surface area contributed by atoms with Crippen LogP contribution in [0.4, 0.5) is 24.0 Å². The summed E-state index contributed by atoms with van der Waals surface area (Å²) in [5.74, 6) is -1.45. The van der Waals surface area contributed by atoms with Crippen LogP contribution in [-0.2, 0) is 22.2 Å². The number of carbonyl (C=O) groups excluding carboxylic acids is 2. The van der Waals surface area contributed by atoms with E-state index in [2.05, 4.69) is 15.5 Å². The normalized spacial score (nSPS) is 17.6. The number of hydrogen-bond acceptors (Lipinski definition) is 5.